The Hall–Kier alpha value is -3.16. The first-order valence-corrected chi connectivity index (χ1v) is 9.08. The van der Waals surface area contributed by atoms with Gasteiger partial charge >= 0.3 is 5.97 Å². The van der Waals surface area contributed by atoms with Crippen LogP contribution in [0.15, 0.2) is 41.7 Å². The number of allylic oxidation sites excluding steroid dienone is 2. The predicted octanol–water partition coefficient (Wildman–Crippen LogP) is 2.44. The Bertz CT molecular complexity index is 902. The first-order valence-electron chi connectivity index (χ1n) is 9.08. The molecule has 8 heteroatoms. The van der Waals surface area contributed by atoms with Crippen LogP contribution in [0, 0.1) is 16.0 Å². The SMILES string of the molecule is C=C1NC2=C(C(=O)CCC2)C(c2ccc([O-])c([N+](=O)[O-])c2)C1C(=O)OC(C)C. The van der Waals surface area contributed by atoms with Crippen molar-refractivity contribution in [2.75, 3.05) is 0 Å². The molecule has 0 amide bonds. The second-order valence-corrected chi connectivity index (χ2v) is 7.24. The van der Waals surface area contributed by atoms with Crippen molar-refractivity contribution in [2.24, 2.45) is 5.92 Å². The minimum atomic E-state index is -0.930. The Labute approximate surface area is 162 Å². The number of benzene rings is 1. The number of rotatable bonds is 4. The van der Waals surface area contributed by atoms with E-state index in [0.717, 1.165) is 12.1 Å². The van der Waals surface area contributed by atoms with Gasteiger partial charge in [-0.15, -0.1) is 0 Å². The summed E-state index contributed by atoms with van der Waals surface area (Å²) in [4.78, 5) is 36.0. The number of esters is 1. The molecule has 0 aromatic heterocycles. The first-order chi connectivity index (χ1) is 13.2. The standard InChI is InChI=1S/C20H22N2O6/c1-10(2)28-20(25)17-11(3)21-13-5-4-6-16(24)19(13)18(17)12-7-8-15(23)14(9-12)22(26)27/h7-10,17-18,21,23H,3-6H2,1-2H3/p-1. The summed E-state index contributed by atoms with van der Waals surface area (Å²) in [5.74, 6) is -3.15. The van der Waals surface area contributed by atoms with E-state index in [4.69, 9.17) is 4.74 Å². The molecule has 0 fully saturated rings. The van der Waals surface area contributed by atoms with Gasteiger partial charge in [-0.3, -0.25) is 19.7 Å². The van der Waals surface area contributed by atoms with Crippen molar-refractivity contribution in [2.45, 2.75) is 45.1 Å². The number of nitro benzene ring substituents is 1. The molecule has 1 heterocycles. The second-order valence-electron chi connectivity index (χ2n) is 7.24. The molecule has 3 rings (SSSR count). The van der Waals surface area contributed by atoms with Gasteiger partial charge in [-0.1, -0.05) is 18.7 Å². The van der Waals surface area contributed by atoms with E-state index in [9.17, 15) is 24.8 Å². The lowest BCUT2D eigenvalue weighted by Crippen LogP contribution is -2.41. The van der Waals surface area contributed by atoms with Crippen LogP contribution in [0.5, 0.6) is 5.75 Å². The Kier molecular flexibility index (Phi) is 5.22. The second kappa shape index (κ2) is 7.46. The molecule has 2 aliphatic rings. The quantitative estimate of drug-likeness (QED) is 0.480. The van der Waals surface area contributed by atoms with Gasteiger partial charge in [-0.25, -0.2) is 0 Å². The molecule has 0 bridgehead atoms. The van der Waals surface area contributed by atoms with Gasteiger partial charge in [0, 0.05) is 35.4 Å². The lowest BCUT2D eigenvalue weighted by Gasteiger charge is -2.38. The number of ketones is 1. The molecule has 1 aliphatic heterocycles. The molecule has 0 spiro atoms. The molecule has 28 heavy (non-hydrogen) atoms. The summed E-state index contributed by atoms with van der Waals surface area (Å²) in [6.07, 6.45) is 1.24. The number of ether oxygens (including phenoxy) is 1. The Morgan fingerprint density at radius 2 is 2.07 bits per heavy atom. The van der Waals surface area contributed by atoms with Crippen LogP contribution in [0.2, 0.25) is 0 Å². The summed E-state index contributed by atoms with van der Waals surface area (Å²) in [6.45, 7) is 7.35. The van der Waals surface area contributed by atoms with E-state index >= 15 is 0 Å². The molecule has 0 radical (unpaired) electrons. The summed E-state index contributed by atoms with van der Waals surface area (Å²) in [6, 6.07) is 3.67. The highest BCUT2D eigenvalue weighted by atomic mass is 16.6. The van der Waals surface area contributed by atoms with Gasteiger partial charge in [0.1, 0.15) is 5.92 Å². The van der Waals surface area contributed by atoms with E-state index in [0.29, 0.717) is 41.8 Å². The van der Waals surface area contributed by atoms with Gasteiger partial charge in [0.2, 0.25) is 0 Å². The Morgan fingerprint density at radius 3 is 2.71 bits per heavy atom. The van der Waals surface area contributed by atoms with Crippen LogP contribution < -0.4 is 10.4 Å². The zero-order chi connectivity index (χ0) is 20.6. The molecule has 1 aromatic carbocycles. The lowest BCUT2D eigenvalue weighted by atomic mass is 9.71. The third kappa shape index (κ3) is 3.49. The van der Waals surface area contributed by atoms with Crippen LogP contribution in [-0.4, -0.2) is 22.8 Å². The molecular weight excluding hydrogens is 364 g/mol. The van der Waals surface area contributed by atoms with Crippen molar-refractivity contribution < 1.29 is 24.4 Å². The molecule has 2 unspecified atom stereocenters. The maximum atomic E-state index is 12.8. The summed E-state index contributed by atoms with van der Waals surface area (Å²) < 4.78 is 5.36. The highest BCUT2D eigenvalue weighted by Gasteiger charge is 2.44. The fourth-order valence-corrected chi connectivity index (χ4v) is 3.81. The fourth-order valence-electron chi connectivity index (χ4n) is 3.81. The van der Waals surface area contributed by atoms with Crippen molar-refractivity contribution in [3.8, 4) is 5.75 Å². The summed E-state index contributed by atoms with van der Waals surface area (Å²) >= 11 is 0. The van der Waals surface area contributed by atoms with Gasteiger partial charge in [-0.05, 0) is 38.0 Å². The summed E-state index contributed by atoms with van der Waals surface area (Å²) in [5, 5.41) is 26.1. The number of Topliss-reactive ketones (excluding diaryl/α,β-unsaturated/α-hetero) is 1. The molecule has 2 atom stereocenters. The van der Waals surface area contributed by atoms with Crippen molar-refractivity contribution in [3.63, 3.8) is 0 Å². The summed E-state index contributed by atoms with van der Waals surface area (Å²) in [5.41, 5.74) is 1.22. The van der Waals surface area contributed by atoms with Crippen LogP contribution in [-0.2, 0) is 14.3 Å². The molecule has 0 saturated carbocycles. The third-order valence-corrected chi connectivity index (χ3v) is 4.93. The zero-order valence-corrected chi connectivity index (χ0v) is 15.7. The van der Waals surface area contributed by atoms with E-state index < -0.39 is 34.2 Å². The average molecular weight is 385 g/mol. The maximum Gasteiger partial charge on any atom is 0.316 e. The number of carbonyl (C=O) groups excluding carboxylic acids is 2. The molecule has 1 aromatic rings. The molecule has 1 N–H and O–H groups in total. The third-order valence-electron chi connectivity index (χ3n) is 4.93. The van der Waals surface area contributed by atoms with Crippen LogP contribution in [0.1, 0.15) is 44.6 Å². The minimum absolute atomic E-state index is 0.123. The number of nitro groups is 1. The van der Waals surface area contributed by atoms with E-state index in [1.807, 2.05) is 0 Å². The molecular formula is C20H21N2O6-. The van der Waals surface area contributed by atoms with E-state index in [1.54, 1.807) is 13.8 Å². The maximum absolute atomic E-state index is 12.8. The number of nitrogens with zero attached hydrogens (tertiary/aromatic N) is 1. The normalized spacial score (nSPS) is 22.0. The minimum Gasteiger partial charge on any atom is -0.868 e. The van der Waals surface area contributed by atoms with Crippen LogP contribution >= 0.6 is 0 Å². The van der Waals surface area contributed by atoms with Gasteiger partial charge < -0.3 is 15.2 Å². The summed E-state index contributed by atoms with van der Waals surface area (Å²) in [7, 11) is 0. The Balaban J connectivity index is 2.18. The van der Waals surface area contributed by atoms with E-state index in [-0.39, 0.29) is 11.9 Å². The number of hydrogen-bond acceptors (Lipinski definition) is 7. The Morgan fingerprint density at radius 1 is 1.36 bits per heavy atom. The van der Waals surface area contributed by atoms with Crippen LogP contribution in [0.3, 0.4) is 0 Å². The monoisotopic (exact) mass is 385 g/mol. The van der Waals surface area contributed by atoms with Crippen molar-refractivity contribution in [1.82, 2.24) is 5.32 Å². The van der Waals surface area contributed by atoms with Gasteiger partial charge in [0.15, 0.2) is 5.78 Å². The highest BCUT2D eigenvalue weighted by Crippen LogP contribution is 2.45. The van der Waals surface area contributed by atoms with E-state index in [2.05, 4.69) is 11.9 Å². The largest absolute Gasteiger partial charge is 0.868 e. The molecule has 0 saturated heterocycles. The number of nitrogens with one attached hydrogen (secondary N) is 1. The molecule has 1 aliphatic carbocycles. The highest BCUT2D eigenvalue weighted by molar-refractivity contribution is 6.00. The smallest absolute Gasteiger partial charge is 0.316 e. The molecule has 148 valence electrons. The average Bonchev–Trinajstić information content (AvgIpc) is 2.60. The zero-order valence-electron chi connectivity index (χ0n) is 15.7. The lowest BCUT2D eigenvalue weighted by molar-refractivity contribution is -0.398. The van der Waals surface area contributed by atoms with Gasteiger partial charge in [-0.2, -0.15) is 0 Å². The molecule has 8 nitrogen and oxygen atoms in total. The van der Waals surface area contributed by atoms with Crippen molar-refractivity contribution in [1.29, 1.82) is 0 Å². The fraction of sp³-hybridized carbons (Fsp3) is 0.400. The van der Waals surface area contributed by atoms with Gasteiger partial charge in [0.05, 0.1) is 11.0 Å². The van der Waals surface area contributed by atoms with Gasteiger partial charge in [0.25, 0.3) is 5.69 Å². The van der Waals surface area contributed by atoms with Crippen LogP contribution in [0.4, 0.5) is 5.69 Å². The number of hydrogen-bond donors (Lipinski definition) is 1. The number of carbonyl (C=O) groups is 2. The van der Waals surface area contributed by atoms with Crippen LogP contribution in [0.25, 0.3) is 0 Å². The van der Waals surface area contributed by atoms with Crippen molar-refractivity contribution >= 4 is 17.4 Å². The van der Waals surface area contributed by atoms with E-state index in [1.165, 1.54) is 6.07 Å². The van der Waals surface area contributed by atoms with Crippen molar-refractivity contribution in [3.05, 3.63) is 57.4 Å². The first kappa shape index (κ1) is 19.6. The predicted molar refractivity (Wildman–Crippen MR) is 98.2 cm³/mol. The topological polar surface area (TPSA) is 122 Å².